The second-order valence-electron chi connectivity index (χ2n) is 6.34. The Morgan fingerprint density at radius 3 is 2.08 bits per heavy atom. The Morgan fingerprint density at radius 1 is 0.923 bits per heavy atom. The zero-order valence-corrected chi connectivity index (χ0v) is 15.6. The van der Waals surface area contributed by atoms with Gasteiger partial charge in [0.2, 0.25) is 5.91 Å². The van der Waals surface area contributed by atoms with E-state index in [4.69, 9.17) is 4.74 Å². The summed E-state index contributed by atoms with van der Waals surface area (Å²) >= 11 is 0. The molecule has 0 unspecified atom stereocenters. The van der Waals surface area contributed by atoms with E-state index in [0.717, 1.165) is 23.3 Å². The average molecular weight is 354 g/mol. The molecule has 5 nitrogen and oxygen atoms in total. The number of ether oxygens (including phenoxy) is 1. The van der Waals surface area contributed by atoms with Crippen molar-refractivity contribution in [2.45, 2.75) is 19.3 Å². The van der Waals surface area contributed by atoms with Gasteiger partial charge in [0.15, 0.2) is 0 Å². The van der Waals surface area contributed by atoms with E-state index in [2.05, 4.69) is 5.32 Å². The lowest BCUT2D eigenvalue weighted by Crippen LogP contribution is -2.25. The lowest BCUT2D eigenvalue weighted by Gasteiger charge is -2.10. The molecule has 1 N–H and O–H groups in total. The zero-order chi connectivity index (χ0) is 18.9. The molecule has 5 heteroatoms. The van der Waals surface area contributed by atoms with Crippen LogP contribution in [0.15, 0.2) is 48.5 Å². The molecule has 0 saturated carbocycles. The predicted molar refractivity (Wildman–Crippen MR) is 102 cm³/mol. The molecule has 26 heavy (non-hydrogen) atoms. The SMILES string of the molecule is COc1ccc(CCNC(=O)CCc2ccc(C(=O)N(C)C)cc2)cc1. The number of hydrogen-bond donors (Lipinski definition) is 1. The van der Waals surface area contributed by atoms with Crippen LogP contribution in [0.5, 0.6) is 5.75 Å². The maximum absolute atomic E-state index is 12.0. The minimum atomic E-state index is -0.0205. The Kier molecular flexibility index (Phi) is 7.21. The van der Waals surface area contributed by atoms with E-state index in [1.165, 1.54) is 0 Å². The Labute approximate surface area is 155 Å². The molecular formula is C21H26N2O3. The van der Waals surface area contributed by atoms with Crippen LogP contribution in [-0.4, -0.2) is 44.5 Å². The van der Waals surface area contributed by atoms with Crippen molar-refractivity contribution >= 4 is 11.8 Å². The van der Waals surface area contributed by atoms with Crippen LogP contribution >= 0.6 is 0 Å². The topological polar surface area (TPSA) is 58.6 Å². The maximum Gasteiger partial charge on any atom is 0.253 e. The van der Waals surface area contributed by atoms with Crippen molar-refractivity contribution in [1.29, 1.82) is 0 Å². The first-order valence-electron chi connectivity index (χ1n) is 8.70. The van der Waals surface area contributed by atoms with E-state index in [-0.39, 0.29) is 11.8 Å². The molecule has 2 aromatic rings. The third kappa shape index (κ3) is 5.92. The Balaban J connectivity index is 1.71. The lowest BCUT2D eigenvalue weighted by atomic mass is 10.1. The highest BCUT2D eigenvalue weighted by atomic mass is 16.5. The predicted octanol–water partition coefficient (Wildman–Crippen LogP) is 2.69. The van der Waals surface area contributed by atoms with Crippen molar-refractivity contribution in [3.63, 3.8) is 0 Å². The number of nitrogens with one attached hydrogen (secondary N) is 1. The molecule has 2 amide bonds. The summed E-state index contributed by atoms with van der Waals surface area (Å²) in [5.41, 5.74) is 2.86. The minimum Gasteiger partial charge on any atom is -0.497 e. The standard InChI is InChI=1S/C21H26N2O3/c1-23(2)21(25)18-9-4-16(5-10-18)8-13-20(24)22-15-14-17-6-11-19(26-3)12-7-17/h4-7,9-12H,8,13-15H2,1-3H3,(H,22,24). The average Bonchev–Trinajstić information content (AvgIpc) is 2.66. The molecule has 2 aromatic carbocycles. The number of benzene rings is 2. The Hall–Kier alpha value is -2.82. The summed E-state index contributed by atoms with van der Waals surface area (Å²) in [7, 11) is 5.10. The van der Waals surface area contributed by atoms with Gasteiger partial charge in [0.25, 0.3) is 5.91 Å². The molecule has 0 aliphatic carbocycles. The normalized spacial score (nSPS) is 10.3. The van der Waals surface area contributed by atoms with E-state index in [1.54, 1.807) is 38.2 Å². The first-order valence-corrected chi connectivity index (χ1v) is 8.70. The monoisotopic (exact) mass is 354 g/mol. The molecule has 0 radical (unpaired) electrons. The van der Waals surface area contributed by atoms with Crippen molar-refractivity contribution in [3.05, 3.63) is 65.2 Å². The number of carbonyl (C=O) groups excluding carboxylic acids is 2. The van der Waals surface area contributed by atoms with Crippen LogP contribution in [0.4, 0.5) is 0 Å². The van der Waals surface area contributed by atoms with Crippen LogP contribution in [-0.2, 0) is 17.6 Å². The highest BCUT2D eigenvalue weighted by Gasteiger charge is 2.08. The van der Waals surface area contributed by atoms with Gasteiger partial charge in [0, 0.05) is 32.6 Å². The van der Waals surface area contributed by atoms with E-state index >= 15 is 0 Å². The van der Waals surface area contributed by atoms with Crippen molar-refractivity contribution in [3.8, 4) is 5.75 Å². The molecule has 0 fully saturated rings. The highest BCUT2D eigenvalue weighted by Crippen LogP contribution is 2.11. The largest absolute Gasteiger partial charge is 0.497 e. The number of rotatable bonds is 8. The molecule has 2 rings (SSSR count). The summed E-state index contributed by atoms with van der Waals surface area (Å²) in [5.74, 6) is 0.843. The van der Waals surface area contributed by atoms with Gasteiger partial charge >= 0.3 is 0 Å². The van der Waals surface area contributed by atoms with Gasteiger partial charge in [0.1, 0.15) is 5.75 Å². The Bertz CT molecular complexity index is 722. The van der Waals surface area contributed by atoms with E-state index < -0.39 is 0 Å². The number of aryl methyl sites for hydroxylation is 1. The molecule has 138 valence electrons. The molecule has 0 saturated heterocycles. The number of amides is 2. The molecular weight excluding hydrogens is 328 g/mol. The van der Waals surface area contributed by atoms with Crippen molar-refractivity contribution in [1.82, 2.24) is 10.2 Å². The second-order valence-corrected chi connectivity index (χ2v) is 6.34. The molecule has 0 aliphatic rings. The first kappa shape index (κ1) is 19.5. The highest BCUT2D eigenvalue weighted by molar-refractivity contribution is 5.93. The lowest BCUT2D eigenvalue weighted by molar-refractivity contribution is -0.121. The number of hydrogen-bond acceptors (Lipinski definition) is 3. The van der Waals surface area contributed by atoms with Crippen molar-refractivity contribution in [2.75, 3.05) is 27.7 Å². The van der Waals surface area contributed by atoms with Crippen LogP contribution in [0.25, 0.3) is 0 Å². The molecule has 0 spiro atoms. The third-order valence-corrected chi connectivity index (χ3v) is 4.14. The van der Waals surface area contributed by atoms with Crippen LogP contribution in [0, 0.1) is 0 Å². The molecule has 0 heterocycles. The van der Waals surface area contributed by atoms with Gasteiger partial charge in [-0.15, -0.1) is 0 Å². The molecule has 0 aliphatic heterocycles. The molecule has 0 atom stereocenters. The van der Waals surface area contributed by atoms with E-state index in [9.17, 15) is 9.59 Å². The Morgan fingerprint density at radius 2 is 1.50 bits per heavy atom. The molecule has 0 aromatic heterocycles. The minimum absolute atomic E-state index is 0.0205. The van der Waals surface area contributed by atoms with Gasteiger partial charge in [0.05, 0.1) is 7.11 Å². The zero-order valence-electron chi connectivity index (χ0n) is 15.6. The van der Waals surface area contributed by atoms with Gasteiger partial charge in [-0.2, -0.15) is 0 Å². The van der Waals surface area contributed by atoms with Crippen LogP contribution < -0.4 is 10.1 Å². The van der Waals surface area contributed by atoms with Crippen LogP contribution in [0.2, 0.25) is 0 Å². The van der Waals surface area contributed by atoms with Crippen molar-refractivity contribution < 1.29 is 14.3 Å². The van der Waals surface area contributed by atoms with Gasteiger partial charge in [-0.25, -0.2) is 0 Å². The van der Waals surface area contributed by atoms with Gasteiger partial charge in [-0.1, -0.05) is 24.3 Å². The van der Waals surface area contributed by atoms with Crippen LogP contribution in [0.1, 0.15) is 27.9 Å². The van der Waals surface area contributed by atoms with Gasteiger partial charge in [-0.3, -0.25) is 9.59 Å². The van der Waals surface area contributed by atoms with Gasteiger partial charge < -0.3 is 15.0 Å². The van der Waals surface area contributed by atoms with Crippen LogP contribution in [0.3, 0.4) is 0 Å². The fourth-order valence-electron chi connectivity index (χ4n) is 2.56. The van der Waals surface area contributed by atoms with E-state index in [1.807, 2.05) is 36.4 Å². The summed E-state index contributed by atoms with van der Waals surface area (Å²) in [4.78, 5) is 25.4. The fraction of sp³-hybridized carbons (Fsp3) is 0.333. The third-order valence-electron chi connectivity index (χ3n) is 4.14. The smallest absolute Gasteiger partial charge is 0.253 e. The summed E-state index contributed by atoms with van der Waals surface area (Å²) < 4.78 is 5.13. The number of methoxy groups -OCH3 is 1. The maximum atomic E-state index is 12.0. The summed E-state index contributed by atoms with van der Waals surface area (Å²) in [6.45, 7) is 0.613. The number of nitrogens with zero attached hydrogens (tertiary/aromatic N) is 1. The fourth-order valence-corrected chi connectivity index (χ4v) is 2.56. The molecule has 0 bridgehead atoms. The second kappa shape index (κ2) is 9.61. The quantitative estimate of drug-likeness (QED) is 0.793. The van der Waals surface area contributed by atoms with Gasteiger partial charge in [-0.05, 0) is 48.2 Å². The first-order chi connectivity index (χ1) is 12.5. The summed E-state index contributed by atoms with van der Waals surface area (Å²) in [6, 6.07) is 15.3. The summed E-state index contributed by atoms with van der Waals surface area (Å²) in [5, 5.41) is 2.94. The summed E-state index contributed by atoms with van der Waals surface area (Å²) in [6.07, 6.45) is 1.88. The van der Waals surface area contributed by atoms with E-state index in [0.29, 0.717) is 24.9 Å². The van der Waals surface area contributed by atoms with Crippen molar-refractivity contribution in [2.24, 2.45) is 0 Å². The number of carbonyl (C=O) groups is 2.